The number of ether oxygens (including phenoxy) is 2. The smallest absolute Gasteiger partial charge is 0.394 e. The first-order chi connectivity index (χ1) is 22.2. The van der Waals surface area contributed by atoms with Gasteiger partial charge in [-0.2, -0.15) is 8.42 Å². The Morgan fingerprint density at radius 1 is 0.609 bits per heavy atom. The summed E-state index contributed by atoms with van der Waals surface area (Å²) in [7, 11) is -4.95. The fourth-order valence-corrected chi connectivity index (χ4v) is 7.04. The fourth-order valence-electron chi connectivity index (χ4n) is 6.53. The summed E-state index contributed by atoms with van der Waals surface area (Å²) in [6, 6.07) is 0. The largest absolute Gasteiger partial charge is 0.397 e. The molecule has 46 heavy (non-hydrogen) atoms. The van der Waals surface area contributed by atoms with Crippen molar-refractivity contribution in [3.05, 3.63) is 0 Å². The highest BCUT2D eigenvalue weighted by atomic mass is 32.3. The molecule has 1 aliphatic rings. The number of aliphatic hydroxyl groups is 3. The van der Waals surface area contributed by atoms with Gasteiger partial charge in [-0.25, -0.2) is 4.18 Å². The molecule has 4 N–H and O–H groups in total. The van der Waals surface area contributed by atoms with Gasteiger partial charge in [0.05, 0.1) is 13.2 Å². The Bertz CT molecular complexity index is 753. The quantitative estimate of drug-likeness (QED) is 0.0407. The van der Waals surface area contributed by atoms with Gasteiger partial charge in [-0.15, -0.1) is 0 Å². The molecule has 0 aromatic heterocycles. The van der Waals surface area contributed by atoms with E-state index in [9.17, 15) is 23.7 Å². The van der Waals surface area contributed by atoms with E-state index in [1.165, 1.54) is 141 Å². The minimum atomic E-state index is -4.95. The Hall–Kier alpha value is -0.330. The molecule has 0 spiro atoms. The van der Waals surface area contributed by atoms with Gasteiger partial charge in [0.15, 0.2) is 6.29 Å². The van der Waals surface area contributed by atoms with Crippen LogP contribution < -0.4 is 0 Å². The Morgan fingerprint density at radius 2 is 0.978 bits per heavy atom. The lowest BCUT2D eigenvalue weighted by Gasteiger charge is -2.41. The number of rotatable bonds is 32. The Labute approximate surface area is 282 Å². The van der Waals surface area contributed by atoms with Crippen molar-refractivity contribution in [3.8, 4) is 0 Å². The lowest BCUT2D eigenvalue weighted by atomic mass is 9.94. The summed E-state index contributed by atoms with van der Waals surface area (Å²) in [6.07, 6.45) is 25.5. The van der Waals surface area contributed by atoms with E-state index in [4.69, 9.17) is 14.0 Å². The first-order valence-electron chi connectivity index (χ1n) is 19.1. The SMILES string of the molecule is CCCCCCCCCCCCCCC(CCCCCCCCCCCCCC)CO[C@@H]1O[C@H](CO)[C@H](O)[C@H](OS(=O)(=O)O)[C@H]1O. The maximum Gasteiger partial charge on any atom is 0.397 e. The molecule has 0 amide bonds. The van der Waals surface area contributed by atoms with Gasteiger partial charge in [0.25, 0.3) is 0 Å². The normalized spacial score (nSPS) is 22.2. The zero-order valence-corrected chi connectivity index (χ0v) is 30.3. The third-order valence-corrected chi connectivity index (χ3v) is 9.95. The first kappa shape index (κ1) is 43.7. The van der Waals surface area contributed by atoms with Crippen LogP contribution in [0.2, 0.25) is 0 Å². The van der Waals surface area contributed by atoms with E-state index in [1.54, 1.807) is 0 Å². The number of unbranched alkanes of at least 4 members (excludes halogenated alkanes) is 22. The molecule has 1 rings (SSSR count). The Morgan fingerprint density at radius 3 is 1.33 bits per heavy atom. The topological polar surface area (TPSA) is 143 Å². The molecule has 9 nitrogen and oxygen atoms in total. The van der Waals surface area contributed by atoms with Gasteiger partial charge in [-0.05, 0) is 18.8 Å². The standard InChI is InChI=1S/C36H72O9S/c1-3-5-7-9-11-13-15-17-19-21-23-25-27-31(28-26-24-22-20-18-16-14-12-10-8-6-4-2)30-43-36-34(39)35(45-46(40,41)42)33(38)32(29-37)44-36/h31-39H,3-30H2,1-2H3,(H,40,41,42)/t32-,33+,34-,35+,36-/m1/s1. The maximum absolute atomic E-state index is 11.3. The molecule has 10 heteroatoms. The van der Waals surface area contributed by atoms with Gasteiger partial charge < -0.3 is 24.8 Å². The molecular formula is C36H72O9S. The third kappa shape index (κ3) is 22.3. The molecule has 5 atom stereocenters. The average molecular weight is 681 g/mol. The second-order valence-corrected chi connectivity index (χ2v) is 14.8. The summed E-state index contributed by atoms with van der Waals surface area (Å²) in [5, 5.41) is 30.6. The first-order valence-corrected chi connectivity index (χ1v) is 20.5. The van der Waals surface area contributed by atoms with E-state index in [-0.39, 0.29) is 5.92 Å². The molecule has 0 unspecified atom stereocenters. The molecule has 0 radical (unpaired) electrons. The zero-order chi connectivity index (χ0) is 33.9. The highest BCUT2D eigenvalue weighted by molar-refractivity contribution is 7.80. The fraction of sp³-hybridized carbons (Fsp3) is 1.00. The zero-order valence-electron chi connectivity index (χ0n) is 29.5. The minimum absolute atomic E-state index is 0.252. The van der Waals surface area contributed by atoms with Gasteiger partial charge in [-0.3, -0.25) is 4.55 Å². The Kier molecular flexibility index (Phi) is 27.1. The predicted octanol–water partition coefficient (Wildman–Crippen LogP) is 8.43. The van der Waals surface area contributed by atoms with Crippen LogP contribution in [0, 0.1) is 5.92 Å². The van der Waals surface area contributed by atoms with E-state index >= 15 is 0 Å². The van der Waals surface area contributed by atoms with Crippen LogP contribution in [-0.4, -0.2) is 72.2 Å². The molecular weight excluding hydrogens is 608 g/mol. The van der Waals surface area contributed by atoms with Gasteiger partial charge in [0, 0.05) is 0 Å². The average Bonchev–Trinajstić information content (AvgIpc) is 3.02. The molecule has 0 aromatic carbocycles. The second kappa shape index (κ2) is 28.5. The summed E-state index contributed by atoms with van der Waals surface area (Å²) < 4.78 is 47.8. The van der Waals surface area contributed by atoms with E-state index < -0.39 is 47.7 Å². The molecule has 0 aromatic rings. The summed E-state index contributed by atoms with van der Waals surface area (Å²) in [5.74, 6) is 0.252. The van der Waals surface area contributed by atoms with Crippen LogP contribution in [0.3, 0.4) is 0 Å². The van der Waals surface area contributed by atoms with Crippen LogP contribution in [0.1, 0.15) is 181 Å². The third-order valence-electron chi connectivity index (χ3n) is 9.48. The highest BCUT2D eigenvalue weighted by Crippen LogP contribution is 2.27. The number of aliphatic hydroxyl groups excluding tert-OH is 3. The molecule has 0 aliphatic carbocycles. The van der Waals surface area contributed by atoms with Crippen LogP contribution in [0.4, 0.5) is 0 Å². The van der Waals surface area contributed by atoms with Gasteiger partial charge in [0.1, 0.15) is 24.4 Å². The van der Waals surface area contributed by atoms with Crippen LogP contribution in [0.15, 0.2) is 0 Å². The number of hydrogen-bond acceptors (Lipinski definition) is 8. The number of hydrogen-bond donors (Lipinski definition) is 4. The van der Waals surface area contributed by atoms with Crippen molar-refractivity contribution in [2.45, 2.75) is 211 Å². The van der Waals surface area contributed by atoms with Crippen molar-refractivity contribution in [1.29, 1.82) is 0 Å². The van der Waals surface area contributed by atoms with Crippen molar-refractivity contribution >= 4 is 10.4 Å². The van der Waals surface area contributed by atoms with Gasteiger partial charge >= 0.3 is 10.4 Å². The molecule has 276 valence electrons. The summed E-state index contributed by atoms with van der Waals surface area (Å²) in [4.78, 5) is 0. The van der Waals surface area contributed by atoms with E-state index in [0.717, 1.165) is 25.7 Å². The maximum atomic E-state index is 11.3. The van der Waals surface area contributed by atoms with Crippen molar-refractivity contribution in [3.63, 3.8) is 0 Å². The van der Waals surface area contributed by atoms with Crippen molar-refractivity contribution < 1.29 is 41.9 Å². The molecule has 0 bridgehead atoms. The summed E-state index contributed by atoms with van der Waals surface area (Å²) in [5.41, 5.74) is 0. The molecule has 1 heterocycles. The van der Waals surface area contributed by atoms with Crippen LogP contribution in [0.25, 0.3) is 0 Å². The van der Waals surface area contributed by atoms with Crippen LogP contribution in [0.5, 0.6) is 0 Å². The van der Waals surface area contributed by atoms with Crippen LogP contribution >= 0.6 is 0 Å². The molecule has 1 saturated heterocycles. The highest BCUT2D eigenvalue weighted by Gasteiger charge is 2.47. The lowest BCUT2D eigenvalue weighted by molar-refractivity contribution is -0.299. The van der Waals surface area contributed by atoms with Gasteiger partial charge in [-0.1, -0.05) is 168 Å². The van der Waals surface area contributed by atoms with E-state index in [2.05, 4.69) is 18.0 Å². The summed E-state index contributed by atoms with van der Waals surface area (Å²) in [6.45, 7) is 4.19. The Balaban J connectivity index is 2.46. The van der Waals surface area contributed by atoms with E-state index in [1.807, 2.05) is 0 Å². The molecule has 1 aliphatic heterocycles. The second-order valence-electron chi connectivity index (χ2n) is 13.8. The van der Waals surface area contributed by atoms with Crippen molar-refractivity contribution in [2.75, 3.05) is 13.2 Å². The minimum Gasteiger partial charge on any atom is -0.394 e. The predicted molar refractivity (Wildman–Crippen MR) is 185 cm³/mol. The van der Waals surface area contributed by atoms with Gasteiger partial charge in [0.2, 0.25) is 0 Å². The van der Waals surface area contributed by atoms with E-state index in [0.29, 0.717) is 6.61 Å². The molecule has 1 fully saturated rings. The summed E-state index contributed by atoms with van der Waals surface area (Å²) >= 11 is 0. The van der Waals surface area contributed by atoms with Crippen molar-refractivity contribution in [2.24, 2.45) is 5.92 Å². The molecule has 0 saturated carbocycles. The lowest BCUT2D eigenvalue weighted by Crippen LogP contribution is -2.60. The monoisotopic (exact) mass is 680 g/mol. The van der Waals surface area contributed by atoms with Crippen molar-refractivity contribution in [1.82, 2.24) is 0 Å². The van der Waals surface area contributed by atoms with Crippen LogP contribution in [-0.2, 0) is 24.1 Å².